The molecular weight excluding hydrogens is 298 g/mol. The first-order valence-electron chi connectivity index (χ1n) is 8.95. The van der Waals surface area contributed by atoms with E-state index < -0.39 is 0 Å². The van der Waals surface area contributed by atoms with Gasteiger partial charge in [0.15, 0.2) is 0 Å². The predicted octanol–water partition coefficient (Wildman–Crippen LogP) is 3.07. The number of para-hydroxylation sites is 1. The summed E-state index contributed by atoms with van der Waals surface area (Å²) in [6, 6.07) is 8.16. The van der Waals surface area contributed by atoms with Crippen LogP contribution in [0.4, 0.5) is 0 Å². The Labute approximate surface area is 143 Å². The van der Waals surface area contributed by atoms with Gasteiger partial charge < -0.3 is 10.2 Å². The van der Waals surface area contributed by atoms with Crippen LogP contribution >= 0.6 is 0 Å². The summed E-state index contributed by atoms with van der Waals surface area (Å²) in [6.07, 6.45) is 3.57. The van der Waals surface area contributed by atoms with Crippen LogP contribution in [0.25, 0.3) is 10.9 Å². The minimum absolute atomic E-state index is 0.144. The molecule has 2 aliphatic heterocycles. The number of carbonyl (C=O) groups excluding carboxylic acids is 1. The van der Waals surface area contributed by atoms with Gasteiger partial charge in [0.05, 0.1) is 16.8 Å². The average Bonchev–Trinajstić information content (AvgIpc) is 2.99. The number of piperidine rings is 1. The average molecular weight is 323 g/mol. The highest BCUT2D eigenvalue weighted by Gasteiger charge is 2.41. The molecule has 2 aromatic rings. The number of amides is 1. The van der Waals surface area contributed by atoms with Crippen molar-refractivity contribution >= 4 is 16.8 Å². The van der Waals surface area contributed by atoms with E-state index in [0.717, 1.165) is 60.3 Å². The van der Waals surface area contributed by atoms with E-state index >= 15 is 0 Å². The molecule has 4 heteroatoms. The van der Waals surface area contributed by atoms with Crippen molar-refractivity contribution in [1.29, 1.82) is 0 Å². The summed E-state index contributed by atoms with van der Waals surface area (Å²) >= 11 is 0. The number of aromatic nitrogens is 1. The SMILES string of the molecule is Cc1nc2c(C)cccc2cc1C(=O)N1CC[C@]2(CCCNC2)C1. The number of benzene rings is 1. The van der Waals surface area contributed by atoms with Gasteiger partial charge in [0.2, 0.25) is 0 Å². The third-order valence-electron chi connectivity index (χ3n) is 5.75. The fourth-order valence-corrected chi connectivity index (χ4v) is 4.31. The molecule has 4 rings (SSSR count). The summed E-state index contributed by atoms with van der Waals surface area (Å²) in [6.45, 7) is 7.92. The van der Waals surface area contributed by atoms with Crippen molar-refractivity contribution in [2.75, 3.05) is 26.2 Å². The van der Waals surface area contributed by atoms with E-state index in [0.29, 0.717) is 5.41 Å². The monoisotopic (exact) mass is 323 g/mol. The lowest BCUT2D eigenvalue weighted by Gasteiger charge is -2.33. The number of pyridine rings is 1. The van der Waals surface area contributed by atoms with Crippen molar-refractivity contribution in [1.82, 2.24) is 15.2 Å². The first-order valence-corrected chi connectivity index (χ1v) is 8.95. The lowest BCUT2D eigenvalue weighted by molar-refractivity contribution is 0.0763. The summed E-state index contributed by atoms with van der Waals surface area (Å²) in [4.78, 5) is 19.8. The maximum absolute atomic E-state index is 13.1. The molecule has 1 amide bonds. The summed E-state index contributed by atoms with van der Waals surface area (Å²) in [5.41, 5.74) is 4.05. The molecule has 0 aliphatic carbocycles. The molecule has 0 radical (unpaired) electrons. The number of hydrogen-bond donors (Lipinski definition) is 1. The molecule has 0 unspecified atom stereocenters. The van der Waals surface area contributed by atoms with Gasteiger partial charge in [-0.15, -0.1) is 0 Å². The fourth-order valence-electron chi connectivity index (χ4n) is 4.31. The zero-order valence-electron chi connectivity index (χ0n) is 14.6. The Kier molecular flexibility index (Phi) is 3.80. The molecule has 0 bridgehead atoms. The lowest BCUT2D eigenvalue weighted by atomic mass is 9.80. The number of likely N-dealkylation sites (tertiary alicyclic amines) is 1. The Morgan fingerprint density at radius 1 is 1.29 bits per heavy atom. The number of aryl methyl sites for hydroxylation is 2. The molecule has 1 N–H and O–H groups in total. The molecule has 126 valence electrons. The molecule has 3 heterocycles. The highest BCUT2D eigenvalue weighted by Crippen LogP contribution is 2.37. The minimum Gasteiger partial charge on any atom is -0.338 e. The number of rotatable bonds is 1. The van der Waals surface area contributed by atoms with E-state index in [1.165, 1.54) is 12.8 Å². The van der Waals surface area contributed by atoms with Crippen LogP contribution in [-0.2, 0) is 0 Å². The maximum atomic E-state index is 13.1. The Morgan fingerprint density at radius 3 is 2.96 bits per heavy atom. The number of fused-ring (bicyclic) bond motifs is 1. The number of hydrogen-bond acceptors (Lipinski definition) is 3. The molecule has 1 spiro atoms. The molecule has 4 nitrogen and oxygen atoms in total. The van der Waals surface area contributed by atoms with E-state index in [1.54, 1.807) is 0 Å². The van der Waals surface area contributed by atoms with E-state index in [2.05, 4.69) is 18.3 Å². The number of nitrogens with one attached hydrogen (secondary N) is 1. The molecule has 1 aromatic heterocycles. The zero-order chi connectivity index (χ0) is 16.7. The first-order chi connectivity index (χ1) is 11.6. The topological polar surface area (TPSA) is 45.2 Å². The summed E-state index contributed by atoms with van der Waals surface area (Å²) in [7, 11) is 0. The van der Waals surface area contributed by atoms with Crippen molar-refractivity contribution < 1.29 is 4.79 Å². The largest absolute Gasteiger partial charge is 0.338 e. The van der Waals surface area contributed by atoms with Gasteiger partial charge in [0.1, 0.15) is 0 Å². The Hall–Kier alpha value is -1.94. The Balaban J connectivity index is 1.63. The predicted molar refractivity (Wildman–Crippen MR) is 96.3 cm³/mol. The van der Waals surface area contributed by atoms with Gasteiger partial charge in [-0.1, -0.05) is 18.2 Å². The molecule has 1 aromatic carbocycles. The second-order valence-electron chi connectivity index (χ2n) is 7.53. The second-order valence-corrected chi connectivity index (χ2v) is 7.53. The molecule has 2 aliphatic rings. The van der Waals surface area contributed by atoms with Crippen LogP contribution in [0.15, 0.2) is 24.3 Å². The van der Waals surface area contributed by atoms with Crippen molar-refractivity contribution in [3.63, 3.8) is 0 Å². The van der Waals surface area contributed by atoms with E-state index in [-0.39, 0.29) is 5.91 Å². The molecular formula is C20H25N3O. The van der Waals surface area contributed by atoms with Crippen LogP contribution in [0.3, 0.4) is 0 Å². The third-order valence-corrected chi connectivity index (χ3v) is 5.75. The standard InChI is InChI=1S/C20H25N3O/c1-14-5-3-6-16-11-17(15(2)22-18(14)16)19(24)23-10-8-20(13-23)7-4-9-21-12-20/h3,5-6,11,21H,4,7-10,12-13H2,1-2H3/t20-/m0/s1. The van der Waals surface area contributed by atoms with E-state index in [1.807, 2.05) is 30.0 Å². The maximum Gasteiger partial charge on any atom is 0.255 e. The molecule has 24 heavy (non-hydrogen) atoms. The van der Waals surface area contributed by atoms with Crippen LogP contribution in [0.2, 0.25) is 0 Å². The van der Waals surface area contributed by atoms with Crippen molar-refractivity contribution in [3.05, 3.63) is 41.1 Å². The normalized spacial score (nSPS) is 24.0. The highest BCUT2D eigenvalue weighted by molar-refractivity contribution is 5.99. The van der Waals surface area contributed by atoms with Crippen molar-refractivity contribution in [2.24, 2.45) is 5.41 Å². The van der Waals surface area contributed by atoms with Crippen molar-refractivity contribution in [3.8, 4) is 0 Å². The van der Waals surface area contributed by atoms with Crippen LogP contribution in [-0.4, -0.2) is 42.0 Å². The highest BCUT2D eigenvalue weighted by atomic mass is 16.2. The van der Waals surface area contributed by atoms with Gasteiger partial charge in [-0.05, 0) is 51.3 Å². The molecule has 2 fully saturated rings. The first kappa shape index (κ1) is 15.6. The van der Waals surface area contributed by atoms with Crippen LogP contribution in [0.5, 0.6) is 0 Å². The second kappa shape index (κ2) is 5.85. The Bertz CT molecular complexity index is 793. The minimum atomic E-state index is 0.144. The van der Waals surface area contributed by atoms with Gasteiger partial charge in [-0.25, -0.2) is 0 Å². The van der Waals surface area contributed by atoms with Crippen LogP contribution in [0.1, 0.15) is 40.9 Å². The van der Waals surface area contributed by atoms with Gasteiger partial charge in [0, 0.05) is 30.4 Å². The Morgan fingerprint density at radius 2 is 2.17 bits per heavy atom. The smallest absolute Gasteiger partial charge is 0.255 e. The quantitative estimate of drug-likeness (QED) is 0.877. The van der Waals surface area contributed by atoms with Gasteiger partial charge in [-0.3, -0.25) is 9.78 Å². The molecule has 1 atom stereocenters. The van der Waals surface area contributed by atoms with Gasteiger partial charge in [0.25, 0.3) is 5.91 Å². The van der Waals surface area contributed by atoms with Crippen molar-refractivity contribution in [2.45, 2.75) is 33.1 Å². The number of carbonyl (C=O) groups is 1. The van der Waals surface area contributed by atoms with Crippen LogP contribution < -0.4 is 5.32 Å². The lowest BCUT2D eigenvalue weighted by Crippen LogP contribution is -2.42. The third kappa shape index (κ3) is 2.59. The van der Waals surface area contributed by atoms with Gasteiger partial charge in [-0.2, -0.15) is 0 Å². The fraction of sp³-hybridized carbons (Fsp3) is 0.500. The van der Waals surface area contributed by atoms with Gasteiger partial charge >= 0.3 is 0 Å². The zero-order valence-corrected chi connectivity index (χ0v) is 14.6. The number of nitrogens with zero attached hydrogens (tertiary/aromatic N) is 2. The summed E-state index contributed by atoms with van der Waals surface area (Å²) < 4.78 is 0. The molecule has 0 saturated carbocycles. The summed E-state index contributed by atoms with van der Waals surface area (Å²) in [5.74, 6) is 0.144. The van der Waals surface area contributed by atoms with E-state index in [4.69, 9.17) is 4.98 Å². The van der Waals surface area contributed by atoms with E-state index in [9.17, 15) is 4.79 Å². The molecule has 2 saturated heterocycles. The van der Waals surface area contributed by atoms with Crippen LogP contribution in [0, 0.1) is 19.3 Å². The summed E-state index contributed by atoms with van der Waals surface area (Å²) in [5, 5.41) is 4.56.